The van der Waals surface area contributed by atoms with Gasteiger partial charge < -0.3 is 19.5 Å². The van der Waals surface area contributed by atoms with Crippen LogP contribution in [-0.2, 0) is 19.0 Å². The Bertz CT molecular complexity index is 227. The first-order valence-corrected chi connectivity index (χ1v) is 6.14. The van der Waals surface area contributed by atoms with Gasteiger partial charge in [0, 0.05) is 26.9 Å². The lowest BCUT2D eigenvalue weighted by atomic mass is 9.90. The number of carbonyl (C=O) groups is 1. The van der Waals surface area contributed by atoms with E-state index in [1.807, 2.05) is 6.92 Å². The number of ether oxygens (including phenoxy) is 3. The molecule has 0 saturated carbocycles. The molecular weight excluding hydrogens is 222 g/mol. The molecule has 1 aliphatic rings. The van der Waals surface area contributed by atoms with Crippen molar-refractivity contribution in [3.8, 4) is 0 Å². The molecule has 0 amide bonds. The predicted octanol–water partition coefficient (Wildman–Crippen LogP) is 0.582. The molecule has 0 aromatic rings. The number of methoxy groups -OCH3 is 1. The van der Waals surface area contributed by atoms with Gasteiger partial charge in [0.25, 0.3) is 0 Å². The highest BCUT2D eigenvalue weighted by molar-refractivity contribution is 5.77. The average molecular weight is 245 g/mol. The van der Waals surface area contributed by atoms with Gasteiger partial charge in [-0.1, -0.05) is 0 Å². The summed E-state index contributed by atoms with van der Waals surface area (Å²) in [5.74, 6) is -0.122. The van der Waals surface area contributed by atoms with E-state index >= 15 is 0 Å². The monoisotopic (exact) mass is 245 g/mol. The molecule has 17 heavy (non-hydrogen) atoms. The van der Waals surface area contributed by atoms with Crippen LogP contribution in [0.5, 0.6) is 0 Å². The average Bonchev–Trinajstić information content (AvgIpc) is 2.76. The molecular formula is C12H23NO4. The van der Waals surface area contributed by atoms with Crippen molar-refractivity contribution >= 4 is 5.97 Å². The zero-order chi connectivity index (χ0) is 12.6. The molecule has 1 atom stereocenters. The topological polar surface area (TPSA) is 56.8 Å². The second-order valence-electron chi connectivity index (χ2n) is 4.58. The van der Waals surface area contributed by atoms with E-state index in [-0.39, 0.29) is 11.4 Å². The molecule has 0 spiro atoms. The van der Waals surface area contributed by atoms with Crippen molar-refractivity contribution < 1.29 is 19.0 Å². The highest BCUT2D eigenvalue weighted by atomic mass is 16.6. The molecule has 0 aromatic carbocycles. The van der Waals surface area contributed by atoms with E-state index in [9.17, 15) is 4.79 Å². The summed E-state index contributed by atoms with van der Waals surface area (Å²) in [6.07, 6.45) is 1.71. The third kappa shape index (κ3) is 5.02. The molecule has 1 aliphatic heterocycles. The van der Waals surface area contributed by atoms with E-state index in [1.165, 1.54) is 0 Å². The van der Waals surface area contributed by atoms with E-state index in [0.29, 0.717) is 33.0 Å². The molecule has 0 aromatic heterocycles. The minimum absolute atomic E-state index is 0.122. The molecule has 1 fully saturated rings. The van der Waals surface area contributed by atoms with E-state index in [4.69, 9.17) is 14.2 Å². The predicted molar refractivity (Wildman–Crippen MR) is 63.9 cm³/mol. The fourth-order valence-corrected chi connectivity index (χ4v) is 1.77. The van der Waals surface area contributed by atoms with E-state index in [2.05, 4.69) is 5.32 Å². The first-order chi connectivity index (χ1) is 8.19. The second-order valence-corrected chi connectivity index (χ2v) is 4.58. The van der Waals surface area contributed by atoms with Crippen molar-refractivity contribution in [2.45, 2.75) is 19.8 Å². The van der Waals surface area contributed by atoms with Crippen molar-refractivity contribution in [2.75, 3.05) is 46.6 Å². The molecule has 0 bridgehead atoms. The number of nitrogens with one attached hydrogen (secondary N) is 1. The molecule has 1 rings (SSSR count). The molecule has 1 heterocycles. The van der Waals surface area contributed by atoms with E-state index in [0.717, 1.165) is 19.4 Å². The number of hydrogen-bond acceptors (Lipinski definition) is 5. The van der Waals surface area contributed by atoms with Gasteiger partial charge in [-0.3, -0.25) is 4.79 Å². The number of hydrogen-bond donors (Lipinski definition) is 1. The molecule has 1 unspecified atom stereocenters. The van der Waals surface area contributed by atoms with Crippen LogP contribution in [-0.4, -0.2) is 52.6 Å². The highest BCUT2D eigenvalue weighted by Gasteiger charge is 2.37. The summed E-state index contributed by atoms with van der Waals surface area (Å²) in [5, 5.41) is 3.17. The summed E-state index contributed by atoms with van der Waals surface area (Å²) in [6.45, 7) is 5.67. The summed E-state index contributed by atoms with van der Waals surface area (Å²) in [6, 6.07) is 0. The lowest BCUT2D eigenvalue weighted by Gasteiger charge is -2.20. The Morgan fingerprint density at radius 2 is 2.12 bits per heavy atom. The van der Waals surface area contributed by atoms with Gasteiger partial charge in [-0.25, -0.2) is 0 Å². The van der Waals surface area contributed by atoms with E-state index < -0.39 is 0 Å². The third-order valence-electron chi connectivity index (χ3n) is 2.96. The van der Waals surface area contributed by atoms with Crippen LogP contribution in [0.15, 0.2) is 0 Å². The quantitative estimate of drug-likeness (QED) is 0.501. The summed E-state index contributed by atoms with van der Waals surface area (Å²) in [4.78, 5) is 11.8. The fourth-order valence-electron chi connectivity index (χ4n) is 1.77. The van der Waals surface area contributed by atoms with E-state index in [1.54, 1.807) is 7.11 Å². The Labute approximate surface area is 103 Å². The van der Waals surface area contributed by atoms with Crippen LogP contribution in [0.2, 0.25) is 0 Å². The lowest BCUT2D eigenvalue weighted by molar-refractivity contribution is -0.155. The van der Waals surface area contributed by atoms with Crippen LogP contribution >= 0.6 is 0 Å². The van der Waals surface area contributed by atoms with Crippen molar-refractivity contribution in [1.29, 1.82) is 0 Å². The smallest absolute Gasteiger partial charge is 0.313 e. The summed E-state index contributed by atoms with van der Waals surface area (Å²) >= 11 is 0. The minimum atomic E-state index is -0.351. The zero-order valence-electron chi connectivity index (χ0n) is 10.8. The van der Waals surface area contributed by atoms with Crippen LogP contribution < -0.4 is 5.32 Å². The van der Waals surface area contributed by atoms with Crippen LogP contribution in [0.1, 0.15) is 19.8 Å². The Balaban J connectivity index is 2.00. The summed E-state index contributed by atoms with van der Waals surface area (Å²) < 4.78 is 15.4. The van der Waals surface area contributed by atoms with Gasteiger partial charge >= 0.3 is 5.97 Å². The SMILES string of the molecule is COCCCOCCOC(=O)C1(C)CCNC1. The van der Waals surface area contributed by atoms with Gasteiger partial charge in [-0.2, -0.15) is 0 Å². The molecule has 0 radical (unpaired) electrons. The van der Waals surface area contributed by atoms with Gasteiger partial charge in [0.1, 0.15) is 6.61 Å². The second kappa shape index (κ2) is 7.63. The molecule has 0 aliphatic carbocycles. The fraction of sp³-hybridized carbons (Fsp3) is 0.917. The summed E-state index contributed by atoms with van der Waals surface area (Å²) in [7, 11) is 1.66. The number of rotatable bonds is 8. The molecule has 1 N–H and O–H groups in total. The van der Waals surface area contributed by atoms with Gasteiger partial charge in [0.15, 0.2) is 0 Å². The van der Waals surface area contributed by atoms with Crippen LogP contribution in [0.3, 0.4) is 0 Å². The molecule has 5 heteroatoms. The van der Waals surface area contributed by atoms with Gasteiger partial charge in [-0.15, -0.1) is 0 Å². The third-order valence-corrected chi connectivity index (χ3v) is 2.96. The standard InChI is InChI=1S/C12H23NO4/c1-12(4-5-13-10-12)11(14)17-9-8-16-7-3-6-15-2/h13H,3-10H2,1-2H3. The first kappa shape index (κ1) is 14.4. The van der Waals surface area contributed by atoms with Crippen molar-refractivity contribution in [2.24, 2.45) is 5.41 Å². The van der Waals surface area contributed by atoms with Crippen molar-refractivity contribution in [1.82, 2.24) is 5.32 Å². The van der Waals surface area contributed by atoms with Gasteiger partial charge in [-0.05, 0) is 26.3 Å². The Kier molecular flexibility index (Phi) is 6.47. The van der Waals surface area contributed by atoms with Crippen molar-refractivity contribution in [3.63, 3.8) is 0 Å². The molecule has 1 saturated heterocycles. The Morgan fingerprint density at radius 1 is 1.29 bits per heavy atom. The summed E-state index contributed by atoms with van der Waals surface area (Å²) in [5.41, 5.74) is -0.351. The van der Waals surface area contributed by atoms with Crippen LogP contribution in [0, 0.1) is 5.41 Å². The Morgan fingerprint density at radius 3 is 2.76 bits per heavy atom. The van der Waals surface area contributed by atoms with Crippen LogP contribution in [0.25, 0.3) is 0 Å². The number of carbonyl (C=O) groups excluding carboxylic acids is 1. The zero-order valence-corrected chi connectivity index (χ0v) is 10.8. The first-order valence-electron chi connectivity index (χ1n) is 6.14. The largest absolute Gasteiger partial charge is 0.463 e. The van der Waals surface area contributed by atoms with Crippen LogP contribution in [0.4, 0.5) is 0 Å². The Hall–Kier alpha value is -0.650. The van der Waals surface area contributed by atoms with Gasteiger partial charge in [0.2, 0.25) is 0 Å². The maximum absolute atomic E-state index is 11.8. The maximum Gasteiger partial charge on any atom is 0.313 e. The van der Waals surface area contributed by atoms with Gasteiger partial charge in [0.05, 0.1) is 12.0 Å². The number of esters is 1. The molecule has 5 nitrogen and oxygen atoms in total. The maximum atomic E-state index is 11.8. The molecule has 100 valence electrons. The van der Waals surface area contributed by atoms with Crippen molar-refractivity contribution in [3.05, 3.63) is 0 Å². The normalized spacial score (nSPS) is 23.9. The highest BCUT2D eigenvalue weighted by Crippen LogP contribution is 2.25. The lowest BCUT2D eigenvalue weighted by Crippen LogP contribution is -2.32. The minimum Gasteiger partial charge on any atom is -0.463 e.